The molecule has 1 aromatic carbocycles. The van der Waals surface area contributed by atoms with Gasteiger partial charge in [0, 0.05) is 18.7 Å². The van der Waals surface area contributed by atoms with Crippen molar-refractivity contribution in [1.29, 1.82) is 0 Å². The monoisotopic (exact) mass is 378 g/mol. The highest BCUT2D eigenvalue weighted by Gasteiger charge is 2.18. The van der Waals surface area contributed by atoms with Crippen molar-refractivity contribution in [3.05, 3.63) is 29.8 Å². The lowest BCUT2D eigenvalue weighted by Crippen LogP contribution is -2.43. The van der Waals surface area contributed by atoms with Crippen LogP contribution >= 0.6 is 0 Å². The third-order valence-electron chi connectivity index (χ3n) is 4.00. The summed E-state index contributed by atoms with van der Waals surface area (Å²) in [5, 5.41) is 2.47. The highest BCUT2D eigenvalue weighted by Crippen LogP contribution is 2.12. The summed E-state index contributed by atoms with van der Waals surface area (Å²) in [5.41, 5.74) is 0.412. The summed E-state index contributed by atoms with van der Waals surface area (Å²) in [5.74, 6) is -0.631. The van der Waals surface area contributed by atoms with Gasteiger partial charge in [-0.1, -0.05) is 13.3 Å². The summed E-state index contributed by atoms with van der Waals surface area (Å²) < 4.78 is 15.6. The summed E-state index contributed by atoms with van der Waals surface area (Å²) in [6, 6.07) is 6.68. The Hall–Kier alpha value is -2.61. The first-order valence-corrected chi connectivity index (χ1v) is 9.12. The lowest BCUT2D eigenvalue weighted by molar-refractivity contribution is -0.152. The number of esters is 1. The van der Waals surface area contributed by atoms with E-state index >= 15 is 0 Å². The van der Waals surface area contributed by atoms with Gasteiger partial charge in [0.15, 0.2) is 6.61 Å². The molecule has 0 atom stereocenters. The third-order valence-corrected chi connectivity index (χ3v) is 4.00. The number of nitrogens with one attached hydrogen (secondary N) is 1. The summed E-state index contributed by atoms with van der Waals surface area (Å²) in [6.07, 6.45) is 2.02. The largest absolute Gasteiger partial charge is 0.494 e. The van der Waals surface area contributed by atoms with E-state index < -0.39 is 11.9 Å². The van der Waals surface area contributed by atoms with Crippen molar-refractivity contribution in [3.8, 4) is 5.75 Å². The van der Waals surface area contributed by atoms with E-state index in [1.54, 1.807) is 29.2 Å². The normalized spacial score (nSPS) is 13.7. The molecule has 8 nitrogen and oxygen atoms in total. The van der Waals surface area contributed by atoms with Crippen LogP contribution in [-0.2, 0) is 19.1 Å². The van der Waals surface area contributed by atoms with E-state index in [1.165, 1.54) is 0 Å². The maximum atomic E-state index is 12.1. The molecule has 2 rings (SSSR count). The molecule has 1 N–H and O–H groups in total. The zero-order valence-corrected chi connectivity index (χ0v) is 15.6. The number of nitrogens with zero attached hydrogens (tertiary/aromatic N) is 1. The lowest BCUT2D eigenvalue weighted by atomic mass is 10.2. The zero-order valence-electron chi connectivity index (χ0n) is 15.6. The van der Waals surface area contributed by atoms with Crippen molar-refractivity contribution in [3.63, 3.8) is 0 Å². The first kappa shape index (κ1) is 20.7. The maximum absolute atomic E-state index is 12.1. The summed E-state index contributed by atoms with van der Waals surface area (Å²) >= 11 is 0. The minimum atomic E-state index is -0.663. The molecule has 8 heteroatoms. The molecule has 148 valence electrons. The lowest BCUT2D eigenvalue weighted by Gasteiger charge is -2.26. The fourth-order valence-electron chi connectivity index (χ4n) is 2.39. The van der Waals surface area contributed by atoms with Crippen LogP contribution in [0, 0.1) is 0 Å². The number of hydrogen-bond donors (Lipinski definition) is 1. The van der Waals surface area contributed by atoms with E-state index in [4.69, 9.17) is 14.2 Å². The van der Waals surface area contributed by atoms with Crippen LogP contribution in [0.1, 0.15) is 30.1 Å². The van der Waals surface area contributed by atoms with Gasteiger partial charge >= 0.3 is 5.97 Å². The van der Waals surface area contributed by atoms with E-state index in [9.17, 15) is 14.4 Å². The Morgan fingerprint density at radius 1 is 1.15 bits per heavy atom. The minimum absolute atomic E-state index is 0.267. The zero-order chi connectivity index (χ0) is 19.5. The quantitative estimate of drug-likeness (QED) is 0.509. The van der Waals surface area contributed by atoms with Gasteiger partial charge in [-0.05, 0) is 30.7 Å². The van der Waals surface area contributed by atoms with E-state index in [2.05, 4.69) is 12.2 Å². The molecule has 27 heavy (non-hydrogen) atoms. The van der Waals surface area contributed by atoms with E-state index in [0.29, 0.717) is 44.2 Å². The second-order valence-electron chi connectivity index (χ2n) is 6.06. The van der Waals surface area contributed by atoms with Crippen LogP contribution in [0.4, 0.5) is 0 Å². The molecule has 0 aromatic heterocycles. The number of benzene rings is 1. The smallest absolute Gasteiger partial charge is 0.325 e. The average molecular weight is 378 g/mol. The van der Waals surface area contributed by atoms with Gasteiger partial charge in [0.25, 0.3) is 11.8 Å². The molecule has 0 saturated carbocycles. The van der Waals surface area contributed by atoms with E-state index in [-0.39, 0.29) is 19.1 Å². The number of morpholine rings is 1. The Bertz CT molecular complexity index is 626. The standard InChI is InChI=1S/C19H26N2O6/c1-2-3-10-26-16-6-4-15(5-7-16)19(24)20-13-18(23)27-14-17(22)21-8-11-25-12-9-21/h4-7H,2-3,8-14H2,1H3,(H,20,24). The number of rotatable bonds is 9. The molecule has 0 unspecified atom stereocenters. The second-order valence-corrected chi connectivity index (χ2v) is 6.06. The molecule has 1 aliphatic rings. The summed E-state index contributed by atoms with van der Waals surface area (Å²) in [6.45, 7) is 4.03. The van der Waals surface area contributed by atoms with Crippen molar-refractivity contribution in [2.24, 2.45) is 0 Å². The number of ether oxygens (including phenoxy) is 3. The Morgan fingerprint density at radius 3 is 2.52 bits per heavy atom. The van der Waals surface area contributed by atoms with Gasteiger partial charge in [-0.25, -0.2) is 0 Å². The number of carbonyl (C=O) groups is 3. The van der Waals surface area contributed by atoms with Crippen molar-refractivity contribution in [2.45, 2.75) is 19.8 Å². The number of hydrogen-bond acceptors (Lipinski definition) is 6. The fourth-order valence-corrected chi connectivity index (χ4v) is 2.39. The second kappa shape index (κ2) is 11.2. The van der Waals surface area contributed by atoms with Crippen molar-refractivity contribution >= 4 is 17.8 Å². The Balaban J connectivity index is 1.68. The van der Waals surface area contributed by atoms with Crippen LogP contribution in [0.5, 0.6) is 5.75 Å². The van der Waals surface area contributed by atoms with Crippen LogP contribution in [0.2, 0.25) is 0 Å². The molecule has 1 heterocycles. The SMILES string of the molecule is CCCCOc1ccc(C(=O)NCC(=O)OCC(=O)N2CCOCC2)cc1. The van der Waals surface area contributed by atoms with Crippen LogP contribution in [0.3, 0.4) is 0 Å². The average Bonchev–Trinajstić information content (AvgIpc) is 2.71. The number of carbonyl (C=O) groups excluding carboxylic acids is 3. The van der Waals surface area contributed by atoms with Crippen molar-refractivity contribution in [2.75, 3.05) is 46.1 Å². The van der Waals surface area contributed by atoms with Crippen molar-refractivity contribution < 1.29 is 28.6 Å². The molecule has 1 aromatic rings. The highest BCUT2D eigenvalue weighted by atomic mass is 16.5. The van der Waals surface area contributed by atoms with E-state index in [1.807, 2.05) is 0 Å². The molecule has 0 radical (unpaired) electrons. The van der Waals surface area contributed by atoms with Gasteiger partial charge in [0.2, 0.25) is 0 Å². The van der Waals surface area contributed by atoms with Crippen LogP contribution < -0.4 is 10.1 Å². The topological polar surface area (TPSA) is 94.2 Å². The molecule has 0 aliphatic carbocycles. The molecule has 0 bridgehead atoms. The summed E-state index contributed by atoms with van der Waals surface area (Å²) in [7, 11) is 0. The first-order chi connectivity index (χ1) is 13.1. The molecular formula is C19H26N2O6. The Morgan fingerprint density at radius 2 is 1.85 bits per heavy atom. The van der Waals surface area contributed by atoms with Crippen LogP contribution in [-0.4, -0.2) is 68.7 Å². The van der Waals surface area contributed by atoms with Crippen LogP contribution in [0.25, 0.3) is 0 Å². The molecule has 2 amide bonds. The molecule has 1 saturated heterocycles. The maximum Gasteiger partial charge on any atom is 0.325 e. The van der Waals surface area contributed by atoms with E-state index in [0.717, 1.165) is 12.8 Å². The predicted octanol–water partition coefficient (Wildman–Crippen LogP) is 0.997. The Labute approximate surface area is 158 Å². The number of unbranched alkanes of at least 4 members (excludes halogenated alkanes) is 1. The molecule has 1 fully saturated rings. The van der Waals surface area contributed by atoms with Gasteiger partial charge in [0.05, 0.1) is 19.8 Å². The van der Waals surface area contributed by atoms with Crippen molar-refractivity contribution in [1.82, 2.24) is 10.2 Å². The van der Waals surface area contributed by atoms with Gasteiger partial charge in [0.1, 0.15) is 12.3 Å². The minimum Gasteiger partial charge on any atom is -0.494 e. The molecular weight excluding hydrogens is 352 g/mol. The predicted molar refractivity (Wildman–Crippen MR) is 97.5 cm³/mol. The highest BCUT2D eigenvalue weighted by molar-refractivity contribution is 5.96. The summed E-state index contributed by atoms with van der Waals surface area (Å²) in [4.78, 5) is 37.2. The number of amides is 2. The van der Waals surface area contributed by atoms with Gasteiger partial charge in [-0.2, -0.15) is 0 Å². The van der Waals surface area contributed by atoms with Gasteiger partial charge < -0.3 is 24.4 Å². The Kier molecular flexibility index (Phi) is 8.57. The molecule has 1 aliphatic heterocycles. The molecule has 0 spiro atoms. The van der Waals surface area contributed by atoms with Gasteiger partial charge in [-0.15, -0.1) is 0 Å². The first-order valence-electron chi connectivity index (χ1n) is 9.12. The van der Waals surface area contributed by atoms with Gasteiger partial charge in [-0.3, -0.25) is 14.4 Å². The fraction of sp³-hybridized carbons (Fsp3) is 0.526. The van der Waals surface area contributed by atoms with Crippen LogP contribution in [0.15, 0.2) is 24.3 Å². The third kappa shape index (κ3) is 7.26.